The molecule has 1 N–H and O–H groups in total. The molecule has 0 atom stereocenters. The zero-order valence-corrected chi connectivity index (χ0v) is 12.8. The first kappa shape index (κ1) is 15.1. The van der Waals surface area contributed by atoms with Gasteiger partial charge in [0.1, 0.15) is 5.75 Å². The van der Waals surface area contributed by atoms with Gasteiger partial charge in [0.25, 0.3) is 0 Å². The lowest BCUT2D eigenvalue weighted by molar-refractivity contribution is 0.282. The molecule has 0 saturated carbocycles. The number of nitrogens with one attached hydrogen (secondary N) is 1. The molecule has 112 valence electrons. The van der Waals surface area contributed by atoms with Crippen molar-refractivity contribution in [3.05, 3.63) is 24.3 Å². The molecule has 1 aromatic carbocycles. The maximum Gasteiger partial charge on any atom is 0.142 e. The minimum atomic E-state index is 0.779. The van der Waals surface area contributed by atoms with Crippen LogP contribution in [-0.2, 0) is 0 Å². The van der Waals surface area contributed by atoms with E-state index in [1.54, 1.807) is 0 Å². The lowest BCUT2D eigenvalue weighted by Gasteiger charge is -2.25. The topological polar surface area (TPSA) is 27.7 Å². The van der Waals surface area contributed by atoms with E-state index in [2.05, 4.69) is 53.5 Å². The van der Waals surface area contributed by atoms with Crippen molar-refractivity contribution in [2.45, 2.75) is 12.8 Å². The zero-order valence-electron chi connectivity index (χ0n) is 12.8. The standard InChI is InChI=1S/C16H27N3O/c1-18(2)11-6-14-20-16-8-4-3-7-15(16)19-12-5-9-17-10-13-19/h3-4,7-8,17H,5-6,9-14H2,1-2H3. The van der Waals surface area contributed by atoms with Crippen LogP contribution in [0.15, 0.2) is 24.3 Å². The highest BCUT2D eigenvalue weighted by Crippen LogP contribution is 2.28. The Morgan fingerprint density at radius 3 is 2.90 bits per heavy atom. The second kappa shape index (κ2) is 8.12. The summed E-state index contributed by atoms with van der Waals surface area (Å²) in [6.07, 6.45) is 2.25. The number of rotatable bonds is 6. The molecule has 1 heterocycles. The van der Waals surface area contributed by atoms with Crippen LogP contribution in [0, 0.1) is 0 Å². The van der Waals surface area contributed by atoms with Gasteiger partial charge in [0.2, 0.25) is 0 Å². The van der Waals surface area contributed by atoms with E-state index in [9.17, 15) is 0 Å². The highest BCUT2D eigenvalue weighted by molar-refractivity contribution is 5.58. The minimum Gasteiger partial charge on any atom is -0.491 e. The monoisotopic (exact) mass is 277 g/mol. The number of para-hydroxylation sites is 2. The van der Waals surface area contributed by atoms with Crippen LogP contribution in [0.4, 0.5) is 5.69 Å². The lowest BCUT2D eigenvalue weighted by atomic mass is 10.2. The number of hydrogen-bond donors (Lipinski definition) is 1. The third-order valence-corrected chi connectivity index (χ3v) is 3.55. The summed E-state index contributed by atoms with van der Waals surface area (Å²) in [5.41, 5.74) is 1.24. The van der Waals surface area contributed by atoms with Gasteiger partial charge < -0.3 is 19.9 Å². The number of anilines is 1. The SMILES string of the molecule is CN(C)CCCOc1ccccc1N1CCCNCC1. The number of benzene rings is 1. The summed E-state index contributed by atoms with van der Waals surface area (Å²) in [4.78, 5) is 4.62. The van der Waals surface area contributed by atoms with E-state index in [-0.39, 0.29) is 0 Å². The van der Waals surface area contributed by atoms with Crippen LogP contribution in [0.3, 0.4) is 0 Å². The Morgan fingerprint density at radius 2 is 2.05 bits per heavy atom. The molecule has 2 rings (SSSR count). The van der Waals surface area contributed by atoms with Gasteiger partial charge in [0.15, 0.2) is 0 Å². The van der Waals surface area contributed by atoms with Crippen LogP contribution in [0.25, 0.3) is 0 Å². The molecular weight excluding hydrogens is 250 g/mol. The fraction of sp³-hybridized carbons (Fsp3) is 0.625. The Kier molecular flexibility index (Phi) is 6.15. The molecule has 1 fully saturated rings. The first-order valence-electron chi connectivity index (χ1n) is 7.59. The van der Waals surface area contributed by atoms with Gasteiger partial charge in [-0.1, -0.05) is 12.1 Å². The van der Waals surface area contributed by atoms with E-state index < -0.39 is 0 Å². The Hall–Kier alpha value is -1.26. The summed E-state index contributed by atoms with van der Waals surface area (Å²) in [5.74, 6) is 1.02. The second-order valence-corrected chi connectivity index (χ2v) is 5.56. The lowest BCUT2D eigenvalue weighted by Crippen LogP contribution is -2.28. The Bertz CT molecular complexity index is 387. The average molecular weight is 277 g/mol. The van der Waals surface area contributed by atoms with Gasteiger partial charge in [-0.05, 0) is 45.6 Å². The van der Waals surface area contributed by atoms with Crippen molar-refractivity contribution in [2.24, 2.45) is 0 Å². The first-order valence-corrected chi connectivity index (χ1v) is 7.59. The van der Waals surface area contributed by atoms with E-state index in [4.69, 9.17) is 4.74 Å². The fourth-order valence-electron chi connectivity index (χ4n) is 2.49. The highest BCUT2D eigenvalue weighted by Gasteiger charge is 2.13. The predicted molar refractivity (Wildman–Crippen MR) is 84.8 cm³/mol. The maximum atomic E-state index is 5.99. The molecular formula is C16H27N3O. The molecule has 0 unspecified atom stereocenters. The van der Waals surface area contributed by atoms with Gasteiger partial charge in [0.05, 0.1) is 12.3 Å². The van der Waals surface area contributed by atoms with Crippen LogP contribution < -0.4 is 15.0 Å². The van der Waals surface area contributed by atoms with Crippen molar-refractivity contribution < 1.29 is 4.74 Å². The first-order chi connectivity index (χ1) is 9.77. The largest absolute Gasteiger partial charge is 0.491 e. The van der Waals surface area contributed by atoms with Crippen molar-refractivity contribution >= 4 is 5.69 Å². The second-order valence-electron chi connectivity index (χ2n) is 5.56. The van der Waals surface area contributed by atoms with Gasteiger partial charge in [-0.25, -0.2) is 0 Å². The molecule has 4 heteroatoms. The molecule has 1 aliphatic heterocycles. The van der Waals surface area contributed by atoms with E-state index in [1.165, 1.54) is 12.1 Å². The molecule has 4 nitrogen and oxygen atoms in total. The minimum absolute atomic E-state index is 0.779. The highest BCUT2D eigenvalue weighted by atomic mass is 16.5. The number of nitrogens with zero attached hydrogens (tertiary/aromatic N) is 2. The van der Waals surface area contributed by atoms with Crippen LogP contribution in [0.5, 0.6) is 5.75 Å². The van der Waals surface area contributed by atoms with Gasteiger partial charge in [-0.2, -0.15) is 0 Å². The average Bonchev–Trinajstić information content (AvgIpc) is 2.73. The Balaban J connectivity index is 1.94. The Morgan fingerprint density at radius 1 is 1.20 bits per heavy atom. The molecule has 0 aliphatic carbocycles. The number of ether oxygens (including phenoxy) is 1. The van der Waals surface area contributed by atoms with Crippen molar-refractivity contribution in [2.75, 3.05) is 58.3 Å². The molecule has 1 aliphatic rings. The van der Waals surface area contributed by atoms with Gasteiger partial charge >= 0.3 is 0 Å². The molecule has 1 aromatic rings. The van der Waals surface area contributed by atoms with Crippen molar-refractivity contribution in [1.29, 1.82) is 0 Å². The van der Waals surface area contributed by atoms with E-state index >= 15 is 0 Å². The summed E-state index contributed by atoms with van der Waals surface area (Å²) < 4.78 is 5.99. The van der Waals surface area contributed by atoms with Crippen molar-refractivity contribution in [1.82, 2.24) is 10.2 Å². The van der Waals surface area contributed by atoms with Gasteiger partial charge in [-0.15, -0.1) is 0 Å². The van der Waals surface area contributed by atoms with E-state index in [0.29, 0.717) is 0 Å². The van der Waals surface area contributed by atoms with Gasteiger partial charge in [0, 0.05) is 26.2 Å². The molecule has 0 bridgehead atoms. The molecule has 0 aromatic heterocycles. The van der Waals surface area contributed by atoms with E-state index in [1.807, 2.05) is 0 Å². The molecule has 0 spiro atoms. The summed E-state index contributed by atoms with van der Waals surface area (Å²) in [5, 5.41) is 3.44. The fourth-order valence-corrected chi connectivity index (χ4v) is 2.49. The molecule has 1 saturated heterocycles. The quantitative estimate of drug-likeness (QED) is 0.803. The van der Waals surface area contributed by atoms with E-state index in [0.717, 1.165) is 51.5 Å². The van der Waals surface area contributed by atoms with Crippen molar-refractivity contribution in [3.8, 4) is 5.75 Å². The third kappa shape index (κ3) is 4.69. The van der Waals surface area contributed by atoms with Crippen LogP contribution >= 0.6 is 0 Å². The van der Waals surface area contributed by atoms with Crippen LogP contribution in [0.1, 0.15) is 12.8 Å². The molecule has 0 amide bonds. The van der Waals surface area contributed by atoms with Crippen LogP contribution in [-0.4, -0.2) is 58.3 Å². The maximum absolute atomic E-state index is 5.99. The van der Waals surface area contributed by atoms with Crippen LogP contribution in [0.2, 0.25) is 0 Å². The normalized spacial score (nSPS) is 16.2. The predicted octanol–water partition coefficient (Wildman–Crippen LogP) is 1.82. The summed E-state index contributed by atoms with van der Waals surface area (Å²) in [6.45, 7) is 6.16. The molecule has 0 radical (unpaired) electrons. The summed E-state index contributed by atoms with van der Waals surface area (Å²) >= 11 is 0. The Labute approximate surface area is 122 Å². The van der Waals surface area contributed by atoms with Crippen molar-refractivity contribution in [3.63, 3.8) is 0 Å². The summed E-state index contributed by atoms with van der Waals surface area (Å²) in [6, 6.07) is 8.41. The smallest absolute Gasteiger partial charge is 0.142 e. The third-order valence-electron chi connectivity index (χ3n) is 3.55. The summed E-state index contributed by atoms with van der Waals surface area (Å²) in [7, 11) is 4.19. The number of hydrogen-bond acceptors (Lipinski definition) is 4. The molecule has 20 heavy (non-hydrogen) atoms. The zero-order chi connectivity index (χ0) is 14.2. The van der Waals surface area contributed by atoms with Gasteiger partial charge in [-0.3, -0.25) is 0 Å².